The molecule has 3 heterocycles. The number of hydrogen-bond donors (Lipinski definition) is 0. The van der Waals surface area contributed by atoms with E-state index in [9.17, 15) is 26.3 Å². The number of nitrogens with zero attached hydrogens (tertiary/aromatic N) is 1. The standard InChI is InChI=1S/C26H13F6NOS/c1-12-5-7-14-15-3-2-4-17(23(15)34-19(14)9-12)22-24-21(18(11-33-22)26(30,31)32)16-8-6-13(25(27,28)29)10-20(16)35-24/h2-11H,1H3. The molecule has 0 saturated carbocycles. The first kappa shape index (κ1) is 21.9. The summed E-state index contributed by atoms with van der Waals surface area (Å²) in [6.07, 6.45) is -8.60. The second-order valence-electron chi connectivity index (χ2n) is 8.32. The number of furan rings is 1. The van der Waals surface area contributed by atoms with Crippen molar-refractivity contribution in [3.8, 4) is 11.3 Å². The van der Waals surface area contributed by atoms with Crippen LogP contribution in [-0.2, 0) is 12.4 Å². The van der Waals surface area contributed by atoms with Crippen molar-refractivity contribution in [2.24, 2.45) is 0 Å². The summed E-state index contributed by atoms with van der Waals surface area (Å²) >= 11 is 0.857. The predicted molar refractivity (Wildman–Crippen MR) is 125 cm³/mol. The Balaban J connectivity index is 1.72. The first-order chi connectivity index (χ1) is 16.5. The van der Waals surface area contributed by atoms with Crippen LogP contribution in [-0.4, -0.2) is 4.98 Å². The van der Waals surface area contributed by atoms with E-state index in [1.807, 2.05) is 31.2 Å². The molecule has 6 rings (SSSR count). The second-order valence-corrected chi connectivity index (χ2v) is 9.37. The first-order valence-electron chi connectivity index (χ1n) is 10.4. The smallest absolute Gasteiger partial charge is 0.418 e. The molecular formula is C26H13F6NOS. The summed E-state index contributed by atoms with van der Waals surface area (Å²) in [6, 6.07) is 13.8. The van der Waals surface area contributed by atoms with Crippen LogP contribution in [0.3, 0.4) is 0 Å². The van der Waals surface area contributed by atoms with Crippen LogP contribution in [0.4, 0.5) is 26.3 Å². The maximum atomic E-state index is 13.9. The predicted octanol–water partition coefficient (Wildman–Crippen LogP) is 9.36. The summed E-state index contributed by atoms with van der Waals surface area (Å²) in [4.78, 5) is 4.16. The SMILES string of the molecule is Cc1ccc2c(c1)oc1c(-c3ncc(C(F)(F)F)c4c3sc3cc(C(F)(F)F)ccc34)cccc12. The summed E-state index contributed by atoms with van der Waals surface area (Å²) in [7, 11) is 0. The van der Waals surface area contributed by atoms with Crippen molar-refractivity contribution >= 4 is 53.4 Å². The highest BCUT2D eigenvalue weighted by atomic mass is 32.1. The van der Waals surface area contributed by atoms with Crippen LogP contribution >= 0.6 is 11.3 Å². The molecule has 0 aliphatic heterocycles. The van der Waals surface area contributed by atoms with Crippen molar-refractivity contribution in [3.05, 3.63) is 77.5 Å². The Morgan fingerprint density at radius 3 is 2.34 bits per heavy atom. The van der Waals surface area contributed by atoms with Gasteiger partial charge in [-0.1, -0.05) is 30.3 Å². The lowest BCUT2D eigenvalue weighted by Crippen LogP contribution is -2.07. The topological polar surface area (TPSA) is 26.0 Å². The van der Waals surface area contributed by atoms with E-state index < -0.39 is 23.5 Å². The number of fused-ring (bicyclic) bond motifs is 6. The molecule has 0 spiro atoms. The minimum atomic E-state index is -4.73. The number of benzene rings is 3. The second kappa shape index (κ2) is 7.21. The fourth-order valence-corrected chi connectivity index (χ4v) is 5.73. The van der Waals surface area contributed by atoms with Crippen LogP contribution in [0.1, 0.15) is 16.7 Å². The maximum Gasteiger partial charge on any atom is 0.418 e. The van der Waals surface area contributed by atoms with Crippen LogP contribution in [0.15, 0.2) is 65.2 Å². The van der Waals surface area contributed by atoms with E-state index in [0.29, 0.717) is 16.7 Å². The minimum absolute atomic E-state index is 0.0985. The largest absolute Gasteiger partial charge is 0.455 e. The Kier molecular flexibility index (Phi) is 4.51. The van der Waals surface area contributed by atoms with Crippen molar-refractivity contribution in [2.75, 3.05) is 0 Å². The van der Waals surface area contributed by atoms with E-state index in [4.69, 9.17) is 4.42 Å². The van der Waals surface area contributed by atoms with E-state index >= 15 is 0 Å². The molecule has 35 heavy (non-hydrogen) atoms. The van der Waals surface area contributed by atoms with Gasteiger partial charge in [0.1, 0.15) is 11.2 Å². The van der Waals surface area contributed by atoms with Crippen molar-refractivity contribution in [1.29, 1.82) is 0 Å². The molecule has 6 aromatic rings. The number of aryl methyl sites for hydroxylation is 1. The van der Waals surface area contributed by atoms with Crippen LogP contribution in [0, 0.1) is 6.92 Å². The number of alkyl halides is 6. The van der Waals surface area contributed by atoms with Crippen LogP contribution in [0.2, 0.25) is 0 Å². The van der Waals surface area contributed by atoms with Gasteiger partial charge in [0.2, 0.25) is 0 Å². The summed E-state index contributed by atoms with van der Waals surface area (Å²) in [5.41, 5.74) is 0.848. The number of halogens is 6. The summed E-state index contributed by atoms with van der Waals surface area (Å²) < 4.78 is 88.0. The third-order valence-electron chi connectivity index (χ3n) is 6.04. The summed E-state index contributed by atoms with van der Waals surface area (Å²) in [5, 5.41) is 1.55. The number of thiophene rings is 1. The van der Waals surface area contributed by atoms with Gasteiger partial charge >= 0.3 is 12.4 Å². The van der Waals surface area contributed by atoms with Gasteiger partial charge in [-0.05, 0) is 36.8 Å². The van der Waals surface area contributed by atoms with Crippen molar-refractivity contribution in [3.63, 3.8) is 0 Å². The Hall–Kier alpha value is -3.59. The zero-order chi connectivity index (χ0) is 24.7. The van der Waals surface area contributed by atoms with Crippen molar-refractivity contribution in [2.45, 2.75) is 19.3 Å². The van der Waals surface area contributed by atoms with Gasteiger partial charge in [-0.3, -0.25) is 4.98 Å². The molecule has 0 N–H and O–H groups in total. The zero-order valence-corrected chi connectivity index (χ0v) is 18.6. The molecule has 0 radical (unpaired) electrons. The van der Waals surface area contributed by atoms with E-state index in [2.05, 4.69) is 4.98 Å². The Bertz CT molecular complexity index is 1790. The van der Waals surface area contributed by atoms with Gasteiger partial charge in [0.05, 0.1) is 21.5 Å². The van der Waals surface area contributed by atoms with Gasteiger partial charge in [-0.15, -0.1) is 11.3 Å². The lowest BCUT2D eigenvalue weighted by Gasteiger charge is -2.11. The highest BCUT2D eigenvalue weighted by Crippen LogP contribution is 2.47. The molecule has 0 aliphatic carbocycles. The molecule has 0 atom stereocenters. The summed E-state index contributed by atoms with van der Waals surface area (Å²) in [5.74, 6) is 0. The monoisotopic (exact) mass is 501 g/mol. The average Bonchev–Trinajstić information content (AvgIpc) is 3.34. The maximum absolute atomic E-state index is 13.9. The van der Waals surface area contributed by atoms with Gasteiger partial charge in [-0.25, -0.2) is 0 Å². The lowest BCUT2D eigenvalue weighted by molar-refractivity contribution is -0.138. The van der Waals surface area contributed by atoms with Crippen molar-refractivity contribution < 1.29 is 30.8 Å². The van der Waals surface area contributed by atoms with E-state index in [0.717, 1.165) is 52.1 Å². The van der Waals surface area contributed by atoms with E-state index in [1.165, 1.54) is 0 Å². The van der Waals surface area contributed by atoms with Gasteiger partial charge in [0.15, 0.2) is 0 Å². The van der Waals surface area contributed by atoms with Crippen molar-refractivity contribution in [1.82, 2.24) is 4.98 Å². The highest BCUT2D eigenvalue weighted by molar-refractivity contribution is 7.26. The zero-order valence-electron chi connectivity index (χ0n) is 17.8. The molecule has 0 unspecified atom stereocenters. The van der Waals surface area contributed by atoms with Crippen LogP contribution in [0.25, 0.3) is 53.4 Å². The summed E-state index contributed by atoms with van der Waals surface area (Å²) in [6.45, 7) is 1.92. The molecule has 0 bridgehead atoms. The number of rotatable bonds is 1. The fraction of sp³-hybridized carbons (Fsp3) is 0.115. The molecule has 9 heteroatoms. The molecule has 0 fully saturated rings. The van der Waals surface area contributed by atoms with Gasteiger partial charge in [-0.2, -0.15) is 26.3 Å². The number of para-hydroxylation sites is 1. The minimum Gasteiger partial charge on any atom is -0.455 e. The Morgan fingerprint density at radius 1 is 0.829 bits per heavy atom. The lowest BCUT2D eigenvalue weighted by atomic mass is 10.0. The van der Waals surface area contributed by atoms with Gasteiger partial charge < -0.3 is 4.42 Å². The Labute approximate surface area is 197 Å². The van der Waals surface area contributed by atoms with E-state index in [1.54, 1.807) is 12.1 Å². The highest BCUT2D eigenvalue weighted by Gasteiger charge is 2.36. The Morgan fingerprint density at radius 2 is 1.60 bits per heavy atom. The first-order valence-corrected chi connectivity index (χ1v) is 11.3. The van der Waals surface area contributed by atoms with E-state index in [-0.39, 0.29) is 25.9 Å². The molecule has 0 saturated heterocycles. The van der Waals surface area contributed by atoms with Crippen LogP contribution in [0.5, 0.6) is 0 Å². The van der Waals surface area contributed by atoms with Crippen LogP contribution < -0.4 is 0 Å². The van der Waals surface area contributed by atoms with Gasteiger partial charge in [0, 0.05) is 38.0 Å². The molecule has 0 aliphatic rings. The average molecular weight is 501 g/mol. The molecule has 3 aromatic carbocycles. The number of pyridine rings is 1. The quantitative estimate of drug-likeness (QED) is 0.210. The fourth-order valence-electron chi connectivity index (χ4n) is 4.46. The number of hydrogen-bond acceptors (Lipinski definition) is 3. The third kappa shape index (κ3) is 3.36. The molecule has 0 amide bonds. The molecular weight excluding hydrogens is 488 g/mol. The molecule has 3 aromatic heterocycles. The normalized spacial score (nSPS) is 13.0. The number of aromatic nitrogens is 1. The third-order valence-corrected chi connectivity index (χ3v) is 7.20. The molecule has 176 valence electrons. The van der Waals surface area contributed by atoms with Gasteiger partial charge in [0.25, 0.3) is 0 Å². The molecule has 2 nitrogen and oxygen atoms in total.